The highest BCUT2D eigenvalue weighted by Crippen LogP contribution is 2.27. The fourth-order valence-corrected chi connectivity index (χ4v) is 2.52. The van der Waals surface area contributed by atoms with Gasteiger partial charge in [0.2, 0.25) is 0 Å². The molecular weight excluding hydrogens is 332 g/mol. The monoisotopic (exact) mass is 348 g/mol. The fraction of sp³-hybridized carbons (Fsp3) is 0.222. The number of carbonyl (C=O) groups is 2. The van der Waals surface area contributed by atoms with Crippen molar-refractivity contribution >= 4 is 23.5 Å². The molecule has 0 N–H and O–H groups in total. The predicted molar refractivity (Wildman–Crippen MR) is 89.8 cm³/mol. The lowest BCUT2D eigenvalue weighted by molar-refractivity contribution is -0.136. The summed E-state index contributed by atoms with van der Waals surface area (Å²) in [4.78, 5) is 23.2. The second kappa shape index (κ2) is 7.84. The molecule has 0 unspecified atom stereocenters. The summed E-state index contributed by atoms with van der Waals surface area (Å²) in [5.41, 5.74) is 2.06. The third-order valence-electron chi connectivity index (χ3n) is 3.27. The summed E-state index contributed by atoms with van der Waals surface area (Å²) in [6.45, 7) is 3.47. The van der Waals surface area contributed by atoms with Crippen LogP contribution in [0.4, 0.5) is 0 Å². The van der Waals surface area contributed by atoms with Crippen LogP contribution >= 0.6 is 11.6 Å². The number of methoxy groups -OCH3 is 1. The van der Waals surface area contributed by atoms with E-state index in [2.05, 4.69) is 4.74 Å². The maximum atomic E-state index is 11.9. The first kappa shape index (κ1) is 17.8. The van der Waals surface area contributed by atoms with Crippen molar-refractivity contribution in [2.75, 3.05) is 13.7 Å². The first-order valence-electron chi connectivity index (χ1n) is 7.19. The second-order valence-corrected chi connectivity index (χ2v) is 5.58. The Bertz CT molecular complexity index is 729. The van der Waals surface area contributed by atoms with Gasteiger partial charge in [-0.2, -0.15) is 0 Å². The second-order valence-electron chi connectivity index (χ2n) is 5.15. The summed E-state index contributed by atoms with van der Waals surface area (Å²) in [6, 6.07) is 9.60. The number of hydrogen-bond acceptors (Lipinski definition) is 5. The number of ether oxygens (including phenoxy) is 3. The van der Waals surface area contributed by atoms with Gasteiger partial charge in [-0.15, -0.1) is 0 Å². The van der Waals surface area contributed by atoms with Gasteiger partial charge in [0.25, 0.3) is 0 Å². The van der Waals surface area contributed by atoms with Crippen LogP contribution in [0.2, 0.25) is 5.02 Å². The van der Waals surface area contributed by atoms with E-state index in [1.165, 1.54) is 31.4 Å². The minimum absolute atomic E-state index is 0.234. The lowest BCUT2D eigenvalue weighted by atomic mass is 10.1. The van der Waals surface area contributed by atoms with Gasteiger partial charge < -0.3 is 14.2 Å². The fourth-order valence-electron chi connectivity index (χ4n) is 2.19. The van der Waals surface area contributed by atoms with Crippen LogP contribution in [0, 0.1) is 13.8 Å². The Labute approximate surface area is 145 Å². The number of esters is 2. The molecule has 0 atom stereocenters. The minimum Gasteiger partial charge on any atom is -0.481 e. The molecule has 0 radical (unpaired) electrons. The van der Waals surface area contributed by atoms with Gasteiger partial charge in [-0.1, -0.05) is 11.6 Å². The third-order valence-corrected chi connectivity index (χ3v) is 3.48. The molecule has 0 spiro atoms. The summed E-state index contributed by atoms with van der Waals surface area (Å²) < 4.78 is 15.3. The SMILES string of the molecule is COC(=O)c1ccc(OC(=O)COc2c(C)cc(Cl)cc2C)cc1. The molecule has 0 bridgehead atoms. The van der Waals surface area contributed by atoms with E-state index in [9.17, 15) is 9.59 Å². The molecule has 0 heterocycles. The Hall–Kier alpha value is -2.53. The molecule has 2 aromatic rings. The van der Waals surface area contributed by atoms with Gasteiger partial charge in [-0.25, -0.2) is 9.59 Å². The van der Waals surface area contributed by atoms with E-state index in [4.69, 9.17) is 21.1 Å². The molecule has 0 amide bonds. The van der Waals surface area contributed by atoms with Crippen molar-refractivity contribution < 1.29 is 23.8 Å². The lowest BCUT2D eigenvalue weighted by Gasteiger charge is -2.12. The van der Waals surface area contributed by atoms with Gasteiger partial charge in [-0.3, -0.25) is 0 Å². The Morgan fingerprint density at radius 3 is 2.17 bits per heavy atom. The van der Waals surface area contributed by atoms with Crippen LogP contribution in [0.3, 0.4) is 0 Å². The van der Waals surface area contributed by atoms with Crippen molar-refractivity contribution in [1.82, 2.24) is 0 Å². The molecule has 5 nitrogen and oxygen atoms in total. The van der Waals surface area contributed by atoms with Crippen LogP contribution < -0.4 is 9.47 Å². The number of hydrogen-bond donors (Lipinski definition) is 0. The summed E-state index contributed by atoms with van der Waals surface area (Å²) >= 11 is 5.96. The van der Waals surface area contributed by atoms with Gasteiger partial charge in [0.05, 0.1) is 12.7 Å². The average Bonchev–Trinajstić information content (AvgIpc) is 2.53. The van der Waals surface area contributed by atoms with Crippen molar-refractivity contribution in [3.63, 3.8) is 0 Å². The first-order valence-corrected chi connectivity index (χ1v) is 7.57. The maximum Gasteiger partial charge on any atom is 0.349 e. The van der Waals surface area contributed by atoms with Crippen LogP contribution in [0.5, 0.6) is 11.5 Å². The zero-order valence-corrected chi connectivity index (χ0v) is 14.3. The zero-order chi connectivity index (χ0) is 17.7. The zero-order valence-electron chi connectivity index (χ0n) is 13.6. The first-order chi connectivity index (χ1) is 11.4. The molecule has 0 aliphatic carbocycles. The van der Waals surface area contributed by atoms with Crippen LogP contribution in [-0.4, -0.2) is 25.7 Å². The van der Waals surface area contributed by atoms with Crippen molar-refractivity contribution in [3.05, 3.63) is 58.1 Å². The van der Waals surface area contributed by atoms with Crippen LogP contribution in [0.15, 0.2) is 36.4 Å². The van der Waals surface area contributed by atoms with Gasteiger partial charge in [0.15, 0.2) is 6.61 Å². The van der Waals surface area contributed by atoms with Crippen molar-refractivity contribution in [2.24, 2.45) is 0 Å². The van der Waals surface area contributed by atoms with Crippen molar-refractivity contribution in [3.8, 4) is 11.5 Å². The Kier molecular flexibility index (Phi) is 5.82. The summed E-state index contributed by atoms with van der Waals surface area (Å²) in [7, 11) is 1.30. The maximum absolute atomic E-state index is 11.9. The van der Waals surface area contributed by atoms with E-state index in [0.717, 1.165) is 11.1 Å². The van der Waals surface area contributed by atoms with Crippen LogP contribution in [-0.2, 0) is 9.53 Å². The molecule has 2 aromatic carbocycles. The van der Waals surface area contributed by atoms with Gasteiger partial charge in [0, 0.05) is 5.02 Å². The molecule has 0 saturated heterocycles. The smallest absolute Gasteiger partial charge is 0.349 e. The number of rotatable bonds is 5. The Morgan fingerprint density at radius 2 is 1.62 bits per heavy atom. The average molecular weight is 349 g/mol. The standard InChI is InChI=1S/C18H17ClO5/c1-11-8-14(19)9-12(2)17(11)23-10-16(20)24-15-6-4-13(5-7-15)18(21)22-3/h4-9H,10H2,1-3H3. The molecule has 126 valence electrons. The summed E-state index contributed by atoms with van der Waals surface area (Å²) in [5.74, 6) is -0.0716. The normalized spacial score (nSPS) is 10.2. The molecular formula is C18H17ClO5. The highest BCUT2D eigenvalue weighted by atomic mass is 35.5. The van der Waals surface area contributed by atoms with E-state index in [0.29, 0.717) is 22.1 Å². The number of benzene rings is 2. The molecule has 0 saturated carbocycles. The highest BCUT2D eigenvalue weighted by Gasteiger charge is 2.11. The molecule has 0 aromatic heterocycles. The number of halogens is 1. The van der Waals surface area contributed by atoms with E-state index < -0.39 is 11.9 Å². The quantitative estimate of drug-likeness (QED) is 0.608. The van der Waals surface area contributed by atoms with Gasteiger partial charge in [-0.05, 0) is 61.4 Å². The Balaban J connectivity index is 1.95. The summed E-state index contributed by atoms with van der Waals surface area (Å²) in [6.07, 6.45) is 0. The molecule has 0 aliphatic rings. The molecule has 0 aliphatic heterocycles. The molecule has 24 heavy (non-hydrogen) atoms. The largest absolute Gasteiger partial charge is 0.481 e. The molecule has 6 heteroatoms. The Morgan fingerprint density at radius 1 is 1.04 bits per heavy atom. The van der Waals surface area contributed by atoms with Crippen LogP contribution in [0.1, 0.15) is 21.5 Å². The topological polar surface area (TPSA) is 61.8 Å². The lowest BCUT2D eigenvalue weighted by Crippen LogP contribution is -2.18. The van der Waals surface area contributed by atoms with E-state index >= 15 is 0 Å². The van der Waals surface area contributed by atoms with Gasteiger partial charge in [0.1, 0.15) is 11.5 Å². The van der Waals surface area contributed by atoms with Crippen molar-refractivity contribution in [1.29, 1.82) is 0 Å². The third kappa shape index (κ3) is 4.49. The molecule has 0 fully saturated rings. The predicted octanol–water partition coefficient (Wildman–Crippen LogP) is 3.73. The van der Waals surface area contributed by atoms with E-state index in [-0.39, 0.29) is 6.61 Å². The van der Waals surface area contributed by atoms with Crippen molar-refractivity contribution in [2.45, 2.75) is 13.8 Å². The minimum atomic E-state index is -0.547. The molecule has 2 rings (SSSR count). The highest BCUT2D eigenvalue weighted by molar-refractivity contribution is 6.30. The van der Waals surface area contributed by atoms with E-state index in [1.54, 1.807) is 12.1 Å². The van der Waals surface area contributed by atoms with E-state index in [1.807, 2.05) is 13.8 Å². The summed E-state index contributed by atoms with van der Waals surface area (Å²) in [5, 5.41) is 0.616. The van der Waals surface area contributed by atoms with Crippen LogP contribution in [0.25, 0.3) is 0 Å². The van der Waals surface area contributed by atoms with Gasteiger partial charge >= 0.3 is 11.9 Å². The number of aryl methyl sites for hydroxylation is 2. The number of carbonyl (C=O) groups excluding carboxylic acids is 2.